The zero-order chi connectivity index (χ0) is 18.2. The van der Waals surface area contributed by atoms with Crippen molar-refractivity contribution in [2.45, 2.75) is 19.8 Å². The maximum Gasteiger partial charge on any atom is 0.317 e. The van der Waals surface area contributed by atoms with E-state index < -0.39 is 0 Å². The molecule has 1 atom stereocenters. The first kappa shape index (κ1) is 18.8. The van der Waals surface area contributed by atoms with Crippen molar-refractivity contribution in [3.05, 3.63) is 35.4 Å². The molecule has 0 spiro atoms. The molecule has 0 saturated carbocycles. The Labute approximate surface area is 147 Å². The molecule has 1 fully saturated rings. The lowest BCUT2D eigenvalue weighted by atomic mass is 9.98. The topological polar surface area (TPSA) is 87.7 Å². The minimum Gasteiger partial charge on any atom is -0.469 e. The van der Waals surface area contributed by atoms with Crippen LogP contribution in [0, 0.1) is 12.8 Å². The van der Waals surface area contributed by atoms with Crippen LogP contribution in [0.2, 0.25) is 0 Å². The standard InChI is InChI=1S/C18H25N3O4/c1-13-5-7-14(8-6-13)16(22)19-9-10-20-18(24)21-11-3-4-15(12-21)17(23)25-2/h5-8,15H,3-4,9-12H2,1-2H3,(H,19,22)(H,20,24)/t15-/m1/s1. The van der Waals surface area contributed by atoms with Crippen molar-refractivity contribution in [2.75, 3.05) is 33.3 Å². The lowest BCUT2D eigenvalue weighted by Gasteiger charge is -2.31. The summed E-state index contributed by atoms with van der Waals surface area (Å²) in [5.74, 6) is -0.702. The minimum absolute atomic E-state index is 0.169. The third kappa shape index (κ3) is 5.48. The molecule has 1 aromatic carbocycles. The molecular weight excluding hydrogens is 322 g/mol. The maximum atomic E-state index is 12.2. The Bertz CT molecular complexity index is 615. The summed E-state index contributed by atoms with van der Waals surface area (Å²) in [5, 5.41) is 5.53. The van der Waals surface area contributed by atoms with Crippen molar-refractivity contribution >= 4 is 17.9 Å². The number of nitrogens with one attached hydrogen (secondary N) is 2. The number of carbonyl (C=O) groups excluding carboxylic acids is 3. The van der Waals surface area contributed by atoms with Gasteiger partial charge in [0.25, 0.3) is 5.91 Å². The smallest absolute Gasteiger partial charge is 0.317 e. The first-order chi connectivity index (χ1) is 12.0. The van der Waals surface area contributed by atoms with Crippen molar-refractivity contribution in [3.8, 4) is 0 Å². The number of nitrogens with zero attached hydrogens (tertiary/aromatic N) is 1. The number of esters is 1. The summed E-state index contributed by atoms with van der Waals surface area (Å²) in [4.78, 5) is 37.3. The molecule has 3 amide bonds. The Balaban J connectivity index is 1.70. The van der Waals surface area contributed by atoms with Crippen LogP contribution in [0.15, 0.2) is 24.3 Å². The van der Waals surface area contributed by atoms with E-state index in [0.29, 0.717) is 31.7 Å². The van der Waals surface area contributed by atoms with Gasteiger partial charge in [0, 0.05) is 31.7 Å². The summed E-state index contributed by atoms with van der Waals surface area (Å²) in [5.41, 5.74) is 1.68. The molecule has 136 valence electrons. The largest absolute Gasteiger partial charge is 0.469 e. The molecule has 7 heteroatoms. The van der Waals surface area contributed by atoms with Gasteiger partial charge >= 0.3 is 12.0 Å². The van der Waals surface area contributed by atoms with Crippen LogP contribution in [0.5, 0.6) is 0 Å². The summed E-state index contributed by atoms with van der Waals surface area (Å²) in [7, 11) is 1.36. The number of likely N-dealkylation sites (tertiary alicyclic amines) is 1. The molecule has 0 bridgehead atoms. The number of methoxy groups -OCH3 is 1. The first-order valence-electron chi connectivity index (χ1n) is 8.46. The highest BCUT2D eigenvalue weighted by atomic mass is 16.5. The van der Waals surface area contributed by atoms with E-state index in [-0.39, 0.29) is 23.8 Å². The van der Waals surface area contributed by atoms with Gasteiger partial charge in [-0.15, -0.1) is 0 Å². The molecule has 1 aliphatic rings. The molecule has 0 aliphatic carbocycles. The Kier molecular flexibility index (Phi) is 6.80. The van der Waals surface area contributed by atoms with Gasteiger partial charge in [0.1, 0.15) is 0 Å². The van der Waals surface area contributed by atoms with Crippen LogP contribution >= 0.6 is 0 Å². The molecule has 7 nitrogen and oxygen atoms in total. The summed E-state index contributed by atoms with van der Waals surface area (Å²) in [6.45, 7) is 3.62. The van der Waals surface area contributed by atoms with E-state index in [2.05, 4.69) is 10.6 Å². The lowest BCUT2D eigenvalue weighted by molar-refractivity contribution is -0.146. The van der Waals surface area contributed by atoms with Gasteiger partial charge in [0.2, 0.25) is 0 Å². The maximum absolute atomic E-state index is 12.2. The van der Waals surface area contributed by atoms with Crippen molar-refractivity contribution in [3.63, 3.8) is 0 Å². The average molecular weight is 347 g/mol. The average Bonchev–Trinajstić information content (AvgIpc) is 2.64. The second-order valence-corrected chi connectivity index (χ2v) is 6.16. The second-order valence-electron chi connectivity index (χ2n) is 6.16. The lowest BCUT2D eigenvalue weighted by Crippen LogP contribution is -2.48. The van der Waals surface area contributed by atoms with E-state index in [4.69, 9.17) is 4.74 Å². The highest BCUT2D eigenvalue weighted by molar-refractivity contribution is 5.94. The number of urea groups is 1. The van der Waals surface area contributed by atoms with Crippen LogP contribution < -0.4 is 10.6 Å². The number of rotatable bonds is 5. The van der Waals surface area contributed by atoms with E-state index in [1.54, 1.807) is 17.0 Å². The van der Waals surface area contributed by atoms with E-state index in [9.17, 15) is 14.4 Å². The van der Waals surface area contributed by atoms with Crippen LogP contribution in [-0.4, -0.2) is 56.1 Å². The summed E-state index contributed by atoms with van der Waals surface area (Å²) in [6.07, 6.45) is 1.51. The number of hydrogen-bond acceptors (Lipinski definition) is 4. The molecule has 1 aliphatic heterocycles. The van der Waals surface area contributed by atoms with E-state index in [0.717, 1.165) is 18.4 Å². The molecule has 1 aromatic rings. The number of hydrogen-bond donors (Lipinski definition) is 2. The number of benzene rings is 1. The van der Waals surface area contributed by atoms with Gasteiger partial charge < -0.3 is 20.3 Å². The Hall–Kier alpha value is -2.57. The number of amides is 3. The van der Waals surface area contributed by atoms with Gasteiger partial charge in [0.05, 0.1) is 13.0 Å². The third-order valence-corrected chi connectivity index (χ3v) is 4.24. The monoisotopic (exact) mass is 347 g/mol. The Morgan fingerprint density at radius 2 is 1.84 bits per heavy atom. The predicted octanol–water partition coefficient (Wildman–Crippen LogP) is 1.32. The van der Waals surface area contributed by atoms with Gasteiger partial charge in [-0.1, -0.05) is 17.7 Å². The molecule has 25 heavy (non-hydrogen) atoms. The third-order valence-electron chi connectivity index (χ3n) is 4.24. The van der Waals surface area contributed by atoms with E-state index in [1.165, 1.54) is 7.11 Å². The first-order valence-corrected chi connectivity index (χ1v) is 8.46. The van der Waals surface area contributed by atoms with Crippen LogP contribution in [-0.2, 0) is 9.53 Å². The fourth-order valence-corrected chi connectivity index (χ4v) is 2.78. The fourth-order valence-electron chi connectivity index (χ4n) is 2.78. The van der Waals surface area contributed by atoms with E-state index >= 15 is 0 Å². The van der Waals surface area contributed by atoms with Crippen molar-refractivity contribution in [2.24, 2.45) is 5.92 Å². The highest BCUT2D eigenvalue weighted by Crippen LogP contribution is 2.17. The van der Waals surface area contributed by atoms with Crippen LogP contribution in [0.1, 0.15) is 28.8 Å². The minimum atomic E-state index is -0.275. The van der Waals surface area contributed by atoms with Crippen LogP contribution in [0.25, 0.3) is 0 Å². The highest BCUT2D eigenvalue weighted by Gasteiger charge is 2.28. The number of ether oxygens (including phenoxy) is 1. The zero-order valence-electron chi connectivity index (χ0n) is 14.7. The SMILES string of the molecule is COC(=O)[C@@H]1CCCN(C(=O)NCCNC(=O)c2ccc(C)cc2)C1. The summed E-state index contributed by atoms with van der Waals surface area (Å²) >= 11 is 0. The van der Waals surface area contributed by atoms with Crippen molar-refractivity contribution < 1.29 is 19.1 Å². The number of carbonyl (C=O) groups is 3. The molecule has 0 unspecified atom stereocenters. The molecule has 2 rings (SSSR count). The van der Waals surface area contributed by atoms with Gasteiger partial charge in [-0.3, -0.25) is 9.59 Å². The zero-order valence-corrected chi connectivity index (χ0v) is 14.7. The fraction of sp³-hybridized carbons (Fsp3) is 0.500. The Morgan fingerprint density at radius 1 is 1.16 bits per heavy atom. The van der Waals surface area contributed by atoms with Crippen molar-refractivity contribution in [1.82, 2.24) is 15.5 Å². The predicted molar refractivity (Wildman–Crippen MR) is 93.2 cm³/mol. The van der Waals surface area contributed by atoms with Gasteiger partial charge in [-0.25, -0.2) is 4.79 Å². The van der Waals surface area contributed by atoms with E-state index in [1.807, 2.05) is 19.1 Å². The Morgan fingerprint density at radius 3 is 2.52 bits per heavy atom. The number of piperidine rings is 1. The quantitative estimate of drug-likeness (QED) is 0.621. The summed E-state index contributed by atoms with van der Waals surface area (Å²) < 4.78 is 4.75. The van der Waals surface area contributed by atoms with Crippen LogP contribution in [0.4, 0.5) is 4.79 Å². The van der Waals surface area contributed by atoms with Crippen molar-refractivity contribution in [1.29, 1.82) is 0 Å². The summed E-state index contributed by atoms with van der Waals surface area (Å²) in [6, 6.07) is 7.07. The van der Waals surface area contributed by atoms with Crippen LogP contribution in [0.3, 0.4) is 0 Å². The van der Waals surface area contributed by atoms with Gasteiger partial charge in [0.15, 0.2) is 0 Å². The van der Waals surface area contributed by atoms with Gasteiger partial charge in [-0.05, 0) is 31.9 Å². The molecule has 1 heterocycles. The normalized spacial score (nSPS) is 16.9. The molecule has 0 aromatic heterocycles. The second kappa shape index (κ2) is 9.05. The molecule has 1 saturated heterocycles. The number of aryl methyl sites for hydroxylation is 1. The molecule has 2 N–H and O–H groups in total. The molecular formula is C18H25N3O4. The molecule has 0 radical (unpaired) electrons. The van der Waals surface area contributed by atoms with Gasteiger partial charge in [-0.2, -0.15) is 0 Å².